The van der Waals surface area contributed by atoms with Gasteiger partial charge in [0.2, 0.25) is 5.91 Å². The Morgan fingerprint density at radius 3 is 2.20 bits per heavy atom. The zero-order valence-corrected chi connectivity index (χ0v) is 15.4. The summed E-state index contributed by atoms with van der Waals surface area (Å²) in [5.74, 6) is 0.0511. The highest BCUT2D eigenvalue weighted by Gasteiger charge is 2.30. The van der Waals surface area contributed by atoms with Crippen LogP contribution in [0.15, 0.2) is 24.3 Å². The molecule has 7 nitrogen and oxygen atoms in total. The van der Waals surface area contributed by atoms with Gasteiger partial charge in [-0.25, -0.2) is 0 Å². The van der Waals surface area contributed by atoms with Gasteiger partial charge in [-0.2, -0.15) is 0 Å². The van der Waals surface area contributed by atoms with Crippen LogP contribution in [0.5, 0.6) is 0 Å². The molecule has 2 rings (SSSR count). The molecule has 1 heterocycles. The molecule has 1 fully saturated rings. The lowest BCUT2D eigenvalue weighted by Gasteiger charge is -2.40. The number of piperazine rings is 1. The molecule has 0 spiro atoms. The predicted octanol–water partition coefficient (Wildman–Crippen LogP) is 2.19. The number of nitro benzene ring substituents is 1. The van der Waals surface area contributed by atoms with Gasteiger partial charge in [0.05, 0.1) is 11.0 Å². The number of para-hydroxylation sites is 1. The van der Waals surface area contributed by atoms with Gasteiger partial charge < -0.3 is 5.32 Å². The molecule has 1 N–H and O–H groups in total. The molecule has 1 aromatic rings. The molecule has 0 bridgehead atoms. The summed E-state index contributed by atoms with van der Waals surface area (Å²) in [6, 6.07) is 6.87. The first-order valence-electron chi connectivity index (χ1n) is 8.83. The van der Waals surface area contributed by atoms with Gasteiger partial charge in [0.15, 0.2) is 0 Å². The normalized spacial score (nSPS) is 18.8. The summed E-state index contributed by atoms with van der Waals surface area (Å²) >= 11 is 0. The summed E-state index contributed by atoms with van der Waals surface area (Å²) in [5.41, 5.74) is 0.911. The Morgan fingerprint density at radius 1 is 1.08 bits per heavy atom. The van der Waals surface area contributed by atoms with E-state index in [0.29, 0.717) is 0 Å². The van der Waals surface area contributed by atoms with Gasteiger partial charge in [-0.15, -0.1) is 0 Å². The Kier molecular flexibility index (Phi) is 6.50. The third-order valence-corrected chi connectivity index (χ3v) is 4.84. The Morgan fingerprint density at radius 2 is 1.64 bits per heavy atom. The largest absolute Gasteiger partial charge is 0.353 e. The molecule has 1 aliphatic rings. The molecule has 25 heavy (non-hydrogen) atoms. The third-order valence-electron chi connectivity index (χ3n) is 4.84. The standard InChI is InChI=1S/C18H28N4O3/c1-13(2)19-18(23)15(4)21-11-9-20(10-12-21)14(3)16-7-5-6-8-17(16)22(24)25/h5-8,13-15H,9-12H2,1-4H3,(H,19,23)/t14-,15-/m1/s1. The monoisotopic (exact) mass is 348 g/mol. The summed E-state index contributed by atoms with van der Waals surface area (Å²) in [7, 11) is 0. The van der Waals surface area contributed by atoms with Crippen molar-refractivity contribution in [2.45, 2.75) is 45.8 Å². The number of nitro groups is 1. The van der Waals surface area contributed by atoms with E-state index in [2.05, 4.69) is 15.1 Å². The smallest absolute Gasteiger partial charge is 0.274 e. The molecule has 1 amide bonds. The lowest BCUT2D eigenvalue weighted by atomic mass is 10.0. The van der Waals surface area contributed by atoms with E-state index in [1.807, 2.05) is 39.8 Å². The van der Waals surface area contributed by atoms with Crippen LogP contribution >= 0.6 is 0 Å². The van der Waals surface area contributed by atoms with E-state index in [1.165, 1.54) is 0 Å². The van der Waals surface area contributed by atoms with Crippen molar-refractivity contribution in [3.05, 3.63) is 39.9 Å². The molecule has 7 heteroatoms. The van der Waals surface area contributed by atoms with Crippen LogP contribution in [-0.4, -0.2) is 58.9 Å². The molecular weight excluding hydrogens is 320 g/mol. The third kappa shape index (κ3) is 4.76. The molecular formula is C18H28N4O3. The van der Waals surface area contributed by atoms with Gasteiger partial charge in [-0.1, -0.05) is 18.2 Å². The molecule has 0 saturated carbocycles. The van der Waals surface area contributed by atoms with Crippen LogP contribution in [0.25, 0.3) is 0 Å². The Labute approximate surface area is 149 Å². The van der Waals surface area contributed by atoms with Crippen LogP contribution in [0.4, 0.5) is 5.69 Å². The van der Waals surface area contributed by atoms with Crippen molar-refractivity contribution in [3.8, 4) is 0 Å². The van der Waals surface area contributed by atoms with E-state index in [-0.39, 0.29) is 34.6 Å². The minimum atomic E-state index is -0.319. The van der Waals surface area contributed by atoms with Crippen LogP contribution in [-0.2, 0) is 4.79 Å². The summed E-state index contributed by atoms with van der Waals surface area (Å²) in [4.78, 5) is 27.5. The van der Waals surface area contributed by atoms with Gasteiger partial charge in [-0.3, -0.25) is 24.7 Å². The van der Waals surface area contributed by atoms with E-state index in [4.69, 9.17) is 0 Å². The lowest BCUT2D eigenvalue weighted by molar-refractivity contribution is -0.386. The second-order valence-electron chi connectivity index (χ2n) is 6.90. The molecule has 1 saturated heterocycles. The first-order valence-corrected chi connectivity index (χ1v) is 8.83. The fourth-order valence-corrected chi connectivity index (χ4v) is 3.29. The van der Waals surface area contributed by atoms with Crippen molar-refractivity contribution in [2.75, 3.05) is 26.2 Å². The predicted molar refractivity (Wildman–Crippen MR) is 97.4 cm³/mol. The quantitative estimate of drug-likeness (QED) is 0.630. The number of hydrogen-bond acceptors (Lipinski definition) is 5. The molecule has 1 aliphatic heterocycles. The van der Waals surface area contributed by atoms with Crippen molar-refractivity contribution < 1.29 is 9.72 Å². The van der Waals surface area contributed by atoms with Gasteiger partial charge in [0.1, 0.15) is 0 Å². The highest BCUT2D eigenvalue weighted by Crippen LogP contribution is 2.29. The molecule has 0 aromatic heterocycles. The van der Waals surface area contributed by atoms with Crippen molar-refractivity contribution in [1.29, 1.82) is 0 Å². The Bertz CT molecular complexity index is 612. The number of nitrogens with one attached hydrogen (secondary N) is 1. The van der Waals surface area contributed by atoms with Gasteiger partial charge in [0.25, 0.3) is 5.69 Å². The molecule has 138 valence electrons. The van der Waals surface area contributed by atoms with Crippen LogP contribution in [0, 0.1) is 10.1 Å². The fourth-order valence-electron chi connectivity index (χ4n) is 3.29. The number of carbonyl (C=O) groups excluding carboxylic acids is 1. The second kappa shape index (κ2) is 8.40. The maximum Gasteiger partial charge on any atom is 0.274 e. The number of benzene rings is 1. The second-order valence-corrected chi connectivity index (χ2v) is 6.90. The lowest BCUT2D eigenvalue weighted by Crippen LogP contribution is -2.54. The molecule has 2 atom stereocenters. The van der Waals surface area contributed by atoms with E-state index in [9.17, 15) is 14.9 Å². The highest BCUT2D eigenvalue weighted by molar-refractivity contribution is 5.81. The van der Waals surface area contributed by atoms with Gasteiger partial charge >= 0.3 is 0 Å². The van der Waals surface area contributed by atoms with Crippen molar-refractivity contribution in [2.24, 2.45) is 0 Å². The average Bonchev–Trinajstić information content (AvgIpc) is 2.60. The number of amides is 1. The Hall–Kier alpha value is -1.99. The van der Waals surface area contributed by atoms with Gasteiger partial charge in [-0.05, 0) is 27.7 Å². The number of carbonyl (C=O) groups is 1. The number of rotatable bonds is 6. The first kappa shape index (κ1) is 19.3. The fraction of sp³-hybridized carbons (Fsp3) is 0.611. The highest BCUT2D eigenvalue weighted by atomic mass is 16.6. The molecule has 0 radical (unpaired) electrons. The maximum atomic E-state index is 12.2. The SMILES string of the molecule is CC(C)NC(=O)[C@@H](C)N1CCN([C@H](C)c2ccccc2[N+](=O)[O-])CC1. The van der Waals surface area contributed by atoms with E-state index >= 15 is 0 Å². The maximum absolute atomic E-state index is 12.2. The van der Waals surface area contributed by atoms with E-state index < -0.39 is 0 Å². The van der Waals surface area contributed by atoms with Gasteiger partial charge in [0, 0.05) is 49.9 Å². The number of hydrogen-bond donors (Lipinski definition) is 1. The van der Waals surface area contributed by atoms with Crippen molar-refractivity contribution in [3.63, 3.8) is 0 Å². The molecule has 1 aromatic carbocycles. The van der Waals surface area contributed by atoms with Crippen molar-refractivity contribution >= 4 is 11.6 Å². The van der Waals surface area contributed by atoms with E-state index in [1.54, 1.807) is 12.1 Å². The van der Waals surface area contributed by atoms with Crippen LogP contribution in [0.1, 0.15) is 39.3 Å². The Balaban J connectivity index is 1.98. The first-order chi connectivity index (χ1) is 11.8. The van der Waals surface area contributed by atoms with E-state index in [0.717, 1.165) is 31.7 Å². The average molecular weight is 348 g/mol. The van der Waals surface area contributed by atoms with Crippen molar-refractivity contribution in [1.82, 2.24) is 15.1 Å². The summed E-state index contributed by atoms with van der Waals surface area (Å²) in [6.45, 7) is 11.0. The summed E-state index contributed by atoms with van der Waals surface area (Å²) in [6.07, 6.45) is 0. The topological polar surface area (TPSA) is 78.7 Å². The zero-order chi connectivity index (χ0) is 18.6. The molecule has 0 aliphatic carbocycles. The summed E-state index contributed by atoms with van der Waals surface area (Å²) in [5, 5.41) is 14.2. The van der Waals surface area contributed by atoms with Crippen LogP contribution in [0.2, 0.25) is 0 Å². The summed E-state index contributed by atoms with van der Waals surface area (Å²) < 4.78 is 0. The number of nitrogens with zero attached hydrogens (tertiary/aromatic N) is 3. The van der Waals surface area contributed by atoms with Crippen LogP contribution in [0.3, 0.4) is 0 Å². The minimum Gasteiger partial charge on any atom is -0.353 e. The zero-order valence-electron chi connectivity index (χ0n) is 15.4. The molecule has 0 unspecified atom stereocenters. The van der Waals surface area contributed by atoms with Crippen LogP contribution < -0.4 is 5.32 Å². The minimum absolute atomic E-state index is 0.0245.